The van der Waals surface area contributed by atoms with E-state index < -0.39 is 41.9 Å². The van der Waals surface area contributed by atoms with Gasteiger partial charge in [-0.2, -0.15) is 0 Å². The molecule has 0 bridgehead atoms. The molecule has 0 amide bonds. The average molecular weight is 300 g/mol. The van der Waals surface area contributed by atoms with Crippen LogP contribution in [0.15, 0.2) is 15.7 Å². The third kappa shape index (κ3) is 2.40. The molecule has 7 nitrogen and oxygen atoms in total. The second kappa shape index (κ2) is 5.44. The summed E-state index contributed by atoms with van der Waals surface area (Å²) < 4.78 is 35.5. The number of hydrogen-bond donors (Lipinski definition) is 3. The van der Waals surface area contributed by atoms with E-state index in [0.717, 1.165) is 6.07 Å². The van der Waals surface area contributed by atoms with E-state index in [1.54, 1.807) is 0 Å². The Morgan fingerprint density at radius 3 is 2.86 bits per heavy atom. The van der Waals surface area contributed by atoms with Gasteiger partial charge >= 0.3 is 5.69 Å². The fraction of sp³-hybridized carbons (Fsp3) is 0.538. The molecule has 1 aromatic rings. The zero-order valence-corrected chi connectivity index (χ0v) is 11.3. The molecule has 0 spiro atoms. The maximum Gasteiger partial charge on any atom is 0.330 e. The Balaban J connectivity index is 2.67. The number of hydrogen-bond acceptors (Lipinski definition) is 5. The van der Waals surface area contributed by atoms with Crippen molar-refractivity contribution in [2.24, 2.45) is 0 Å². The van der Waals surface area contributed by atoms with Crippen LogP contribution in [0.5, 0.6) is 0 Å². The van der Waals surface area contributed by atoms with Crippen molar-refractivity contribution >= 4 is 0 Å². The summed E-state index contributed by atoms with van der Waals surface area (Å²) >= 11 is 0. The third-order valence-corrected chi connectivity index (χ3v) is 3.20. The first kappa shape index (κ1) is 12.8. The number of ether oxygens (including phenoxy) is 1. The molecule has 3 N–H and O–H groups in total. The van der Waals surface area contributed by atoms with Crippen LogP contribution in [0.1, 0.15) is 21.6 Å². The molecule has 1 aliphatic heterocycles. The monoisotopic (exact) mass is 300 g/mol. The van der Waals surface area contributed by atoms with Crippen LogP contribution in [0.3, 0.4) is 0 Å². The standard InChI is InChI=1S/C13H15FN2O5/c1-3-4-13(14)10(19)8(6-17)21-11(13)16-7(2)5-9(18)15-12(16)20/h5,8,10-11,17,19H,6H2,1-2H3,(H,15,18,20)/t8-,10+,11-,13?/m1/s1/i6D2. The van der Waals surface area contributed by atoms with Gasteiger partial charge in [0.25, 0.3) is 5.56 Å². The van der Waals surface area contributed by atoms with Gasteiger partial charge in [-0.15, -0.1) is 5.92 Å². The van der Waals surface area contributed by atoms with Gasteiger partial charge in [-0.1, -0.05) is 5.92 Å². The maximum absolute atomic E-state index is 15.2. The van der Waals surface area contributed by atoms with Crippen molar-refractivity contribution < 1.29 is 22.1 Å². The highest BCUT2D eigenvalue weighted by Crippen LogP contribution is 2.40. The lowest BCUT2D eigenvalue weighted by atomic mass is 9.96. The molecular weight excluding hydrogens is 283 g/mol. The molecule has 0 radical (unpaired) electrons. The highest BCUT2D eigenvalue weighted by atomic mass is 19.1. The van der Waals surface area contributed by atoms with Crippen LogP contribution >= 0.6 is 0 Å². The highest BCUT2D eigenvalue weighted by Gasteiger charge is 2.58. The summed E-state index contributed by atoms with van der Waals surface area (Å²) in [5, 5.41) is 19.5. The highest BCUT2D eigenvalue weighted by molar-refractivity contribution is 5.23. The smallest absolute Gasteiger partial charge is 0.330 e. The fourth-order valence-electron chi connectivity index (χ4n) is 2.27. The zero-order valence-electron chi connectivity index (χ0n) is 13.3. The number of alkyl halides is 1. The molecule has 1 fully saturated rings. The van der Waals surface area contributed by atoms with Crippen LogP contribution in [-0.4, -0.2) is 44.2 Å². The Morgan fingerprint density at radius 2 is 2.33 bits per heavy atom. The lowest BCUT2D eigenvalue weighted by Gasteiger charge is -2.25. The number of aliphatic hydroxyl groups excluding tert-OH is 1. The van der Waals surface area contributed by atoms with E-state index in [9.17, 15) is 19.8 Å². The van der Waals surface area contributed by atoms with Crippen molar-refractivity contribution in [3.63, 3.8) is 0 Å². The number of aryl methyl sites for hydroxylation is 1. The summed E-state index contributed by atoms with van der Waals surface area (Å²) in [7, 11) is 0. The van der Waals surface area contributed by atoms with Gasteiger partial charge in [0.2, 0.25) is 5.67 Å². The van der Waals surface area contributed by atoms with E-state index >= 15 is 4.39 Å². The van der Waals surface area contributed by atoms with Gasteiger partial charge in [0.15, 0.2) is 6.23 Å². The molecule has 1 saturated heterocycles. The van der Waals surface area contributed by atoms with Crippen molar-refractivity contribution in [3.05, 3.63) is 32.6 Å². The number of aromatic amines is 1. The molecule has 114 valence electrons. The predicted octanol–water partition coefficient (Wildman–Crippen LogP) is -1.17. The average Bonchev–Trinajstić information content (AvgIpc) is 2.63. The van der Waals surface area contributed by atoms with Crippen LogP contribution < -0.4 is 11.2 Å². The normalized spacial score (nSPS) is 33.9. The van der Waals surface area contributed by atoms with E-state index in [4.69, 9.17) is 7.48 Å². The first-order valence-corrected chi connectivity index (χ1v) is 6.03. The van der Waals surface area contributed by atoms with Crippen molar-refractivity contribution in [1.82, 2.24) is 9.55 Å². The van der Waals surface area contributed by atoms with Crippen LogP contribution in [-0.2, 0) is 4.74 Å². The second-order valence-electron chi connectivity index (χ2n) is 4.58. The summed E-state index contributed by atoms with van der Waals surface area (Å²) in [6.07, 6.45) is -5.98. The first-order valence-electron chi connectivity index (χ1n) is 7.03. The molecule has 2 rings (SSSR count). The lowest BCUT2D eigenvalue weighted by Crippen LogP contribution is -2.45. The summed E-state index contributed by atoms with van der Waals surface area (Å²) in [5.74, 6) is 4.32. The van der Waals surface area contributed by atoms with Gasteiger partial charge in [0.05, 0.1) is 9.30 Å². The third-order valence-electron chi connectivity index (χ3n) is 3.20. The minimum Gasteiger partial charge on any atom is -0.394 e. The van der Waals surface area contributed by atoms with E-state index in [1.807, 2.05) is 4.98 Å². The molecule has 21 heavy (non-hydrogen) atoms. The number of aromatic nitrogens is 2. The quantitative estimate of drug-likeness (QED) is 0.597. The zero-order chi connectivity index (χ0) is 17.6. The summed E-state index contributed by atoms with van der Waals surface area (Å²) in [6, 6.07) is 1.01. The van der Waals surface area contributed by atoms with Gasteiger partial charge in [-0.25, -0.2) is 9.18 Å². The first-order chi connectivity index (χ1) is 10.5. The number of rotatable bonds is 2. The Kier molecular flexibility index (Phi) is 3.31. The van der Waals surface area contributed by atoms with Crippen LogP contribution in [0.25, 0.3) is 0 Å². The minimum atomic E-state index is -3.07. The Labute approximate surface area is 121 Å². The van der Waals surface area contributed by atoms with Gasteiger partial charge < -0.3 is 14.9 Å². The van der Waals surface area contributed by atoms with Crippen LogP contribution in [0.4, 0.5) is 4.39 Å². The molecule has 1 aromatic heterocycles. The van der Waals surface area contributed by atoms with E-state index in [-0.39, 0.29) is 5.69 Å². The van der Waals surface area contributed by atoms with Crippen molar-refractivity contribution in [1.29, 1.82) is 0 Å². The van der Waals surface area contributed by atoms with Gasteiger partial charge in [0.1, 0.15) is 12.2 Å². The molecule has 1 aliphatic rings. The topological polar surface area (TPSA) is 105 Å². The SMILES string of the molecule is [2H]C([2H])(O)[C@H]1O[C@@H](n2c(C)cc(=O)[nH]c2=O)C(F)(C#CC)[C@H]1O. The van der Waals surface area contributed by atoms with Gasteiger partial charge in [0, 0.05) is 11.8 Å². The van der Waals surface area contributed by atoms with E-state index in [2.05, 4.69) is 11.8 Å². The Bertz CT molecular complexity index is 791. The minimum absolute atomic E-state index is 0.0232. The summed E-state index contributed by atoms with van der Waals surface area (Å²) in [6.45, 7) is -0.442. The van der Waals surface area contributed by atoms with Crippen molar-refractivity contribution in [2.45, 2.75) is 38.0 Å². The van der Waals surface area contributed by atoms with Crippen LogP contribution in [0.2, 0.25) is 0 Å². The molecule has 4 atom stereocenters. The van der Waals surface area contributed by atoms with Gasteiger partial charge in [-0.05, 0) is 13.8 Å². The molecule has 0 saturated carbocycles. The van der Waals surface area contributed by atoms with E-state index in [1.165, 1.54) is 13.8 Å². The van der Waals surface area contributed by atoms with Gasteiger partial charge in [-0.3, -0.25) is 14.3 Å². The fourth-order valence-corrected chi connectivity index (χ4v) is 2.27. The number of H-pyrrole nitrogens is 1. The molecule has 0 aromatic carbocycles. The number of nitrogens with zero attached hydrogens (tertiary/aromatic N) is 1. The summed E-state index contributed by atoms with van der Waals surface area (Å²) in [5.41, 5.74) is -4.55. The molecule has 8 heteroatoms. The molecule has 1 unspecified atom stereocenters. The second-order valence-corrected chi connectivity index (χ2v) is 4.58. The summed E-state index contributed by atoms with van der Waals surface area (Å²) in [4.78, 5) is 25.2. The molecular formula is C13H15FN2O5. The maximum atomic E-state index is 15.2. The lowest BCUT2D eigenvalue weighted by molar-refractivity contribution is -0.0552. The number of nitrogens with one attached hydrogen (secondary N) is 1. The molecule has 0 aliphatic carbocycles. The number of aliphatic hydroxyl groups is 2. The van der Waals surface area contributed by atoms with Crippen molar-refractivity contribution in [2.75, 3.05) is 6.56 Å². The van der Waals surface area contributed by atoms with Crippen molar-refractivity contribution in [3.8, 4) is 11.8 Å². The Morgan fingerprint density at radius 1 is 1.67 bits per heavy atom. The van der Waals surface area contributed by atoms with Crippen LogP contribution in [0, 0.1) is 18.8 Å². The predicted molar refractivity (Wildman–Crippen MR) is 70.4 cm³/mol. The Hall–Kier alpha value is -1.95. The largest absolute Gasteiger partial charge is 0.394 e. The number of halogens is 1. The molecule has 2 heterocycles. The van der Waals surface area contributed by atoms with E-state index in [0.29, 0.717) is 4.57 Å².